The fraction of sp³-hybridized carbons (Fsp3) is 0.172. The number of esters is 1. The van der Waals surface area contributed by atoms with Crippen molar-refractivity contribution in [3.05, 3.63) is 108 Å². The van der Waals surface area contributed by atoms with Crippen molar-refractivity contribution < 1.29 is 41.4 Å². The smallest absolute Gasteiger partial charge is 0.419 e. The summed E-state index contributed by atoms with van der Waals surface area (Å²) in [5, 5.41) is 0. The average molecular weight is 528 g/mol. The second kappa shape index (κ2) is 12.7. The highest BCUT2D eigenvalue weighted by atomic mass is 19.4. The highest BCUT2D eigenvalue weighted by Crippen LogP contribution is 2.39. The Bertz CT molecular complexity index is 1310. The number of carbonyl (C=O) groups excluding carboxylic acids is 2. The number of hydrogen-bond donors (Lipinski definition) is 0. The van der Waals surface area contributed by atoms with E-state index >= 15 is 0 Å². The normalized spacial score (nSPS) is 10.9. The predicted molar refractivity (Wildman–Crippen MR) is 134 cm³/mol. The van der Waals surface area contributed by atoms with Crippen LogP contribution in [0.3, 0.4) is 0 Å². The van der Waals surface area contributed by atoms with Crippen molar-refractivity contribution in [2.75, 3.05) is 13.2 Å². The predicted octanol–water partition coefficient (Wildman–Crippen LogP) is 6.74. The summed E-state index contributed by atoms with van der Waals surface area (Å²) in [6, 6.07) is 13.0. The molecule has 0 atom stereocenters. The van der Waals surface area contributed by atoms with Gasteiger partial charge in [-0.3, -0.25) is 9.59 Å². The Kier molecular flexibility index (Phi) is 9.43. The van der Waals surface area contributed by atoms with E-state index in [1.54, 1.807) is 30.3 Å². The third-order valence-electron chi connectivity index (χ3n) is 5.37. The summed E-state index contributed by atoms with van der Waals surface area (Å²) in [6.07, 6.45) is -1.69. The number of aldehydes is 1. The summed E-state index contributed by atoms with van der Waals surface area (Å²) in [4.78, 5) is 23.4. The monoisotopic (exact) mass is 528 g/mol. The summed E-state index contributed by atoms with van der Waals surface area (Å²) >= 11 is 0. The van der Waals surface area contributed by atoms with Crippen LogP contribution in [0.1, 0.15) is 27.0 Å². The molecule has 0 bridgehead atoms. The van der Waals surface area contributed by atoms with E-state index in [0.717, 1.165) is 17.7 Å². The first-order valence-electron chi connectivity index (χ1n) is 11.4. The van der Waals surface area contributed by atoms with Crippen LogP contribution in [0.15, 0.2) is 79.9 Å². The number of halogens is 4. The summed E-state index contributed by atoms with van der Waals surface area (Å²) in [6.45, 7) is 6.40. The van der Waals surface area contributed by atoms with Crippen LogP contribution in [0.25, 0.3) is 11.1 Å². The van der Waals surface area contributed by atoms with Crippen LogP contribution in [0.5, 0.6) is 11.5 Å². The van der Waals surface area contributed by atoms with Gasteiger partial charge in [0.15, 0.2) is 17.9 Å². The molecule has 9 heteroatoms. The molecule has 0 amide bonds. The molecule has 0 unspecified atom stereocenters. The maximum absolute atomic E-state index is 14.8. The maximum atomic E-state index is 14.8. The SMILES string of the molecule is C=CCOC(=O)Cc1ccc(-c2ccc(OCc3ccc(C(F)(F)F)c(OCC=C)c3C=O)c(F)c2)cc1. The minimum Gasteiger partial charge on any atom is -0.488 e. The molecule has 0 aliphatic rings. The van der Waals surface area contributed by atoms with Crippen molar-refractivity contribution in [1.29, 1.82) is 0 Å². The van der Waals surface area contributed by atoms with Crippen molar-refractivity contribution >= 4 is 12.3 Å². The highest BCUT2D eigenvalue weighted by Gasteiger charge is 2.36. The third kappa shape index (κ3) is 7.09. The molecule has 0 spiro atoms. The van der Waals surface area contributed by atoms with E-state index in [9.17, 15) is 27.2 Å². The lowest BCUT2D eigenvalue weighted by Crippen LogP contribution is -2.13. The molecule has 198 valence electrons. The Labute approximate surface area is 217 Å². The molecule has 5 nitrogen and oxygen atoms in total. The molecular formula is C29H24F4O5. The van der Waals surface area contributed by atoms with Gasteiger partial charge in [-0.2, -0.15) is 13.2 Å². The standard InChI is InChI=1S/C29H24F4O5/c1-3-13-36-27(35)15-19-5-7-20(8-6-19)21-10-12-26(25(30)16-21)38-18-22-9-11-24(29(31,32)33)28(23(22)17-34)37-14-4-2/h3-12,16-17H,1-2,13-15,18H2. The molecule has 0 heterocycles. The molecule has 3 aromatic rings. The first-order valence-corrected chi connectivity index (χ1v) is 11.4. The van der Waals surface area contributed by atoms with E-state index in [2.05, 4.69) is 13.2 Å². The second-order valence-electron chi connectivity index (χ2n) is 8.01. The van der Waals surface area contributed by atoms with Crippen molar-refractivity contribution in [1.82, 2.24) is 0 Å². The largest absolute Gasteiger partial charge is 0.488 e. The zero-order chi connectivity index (χ0) is 27.7. The quantitative estimate of drug-likeness (QED) is 0.113. The van der Waals surface area contributed by atoms with Gasteiger partial charge in [-0.1, -0.05) is 61.7 Å². The first kappa shape index (κ1) is 28.2. The fourth-order valence-electron chi connectivity index (χ4n) is 3.55. The third-order valence-corrected chi connectivity index (χ3v) is 5.37. The lowest BCUT2D eigenvalue weighted by Gasteiger charge is -2.18. The van der Waals surface area contributed by atoms with Gasteiger partial charge in [0, 0.05) is 5.56 Å². The Morgan fingerprint density at radius 2 is 1.58 bits per heavy atom. The van der Waals surface area contributed by atoms with Crippen molar-refractivity contribution in [3.8, 4) is 22.6 Å². The van der Waals surface area contributed by atoms with E-state index in [-0.39, 0.29) is 49.4 Å². The number of rotatable bonds is 12. The van der Waals surface area contributed by atoms with Crippen LogP contribution in [-0.4, -0.2) is 25.5 Å². The van der Waals surface area contributed by atoms with Gasteiger partial charge in [0.25, 0.3) is 0 Å². The molecule has 0 saturated heterocycles. The number of benzene rings is 3. The summed E-state index contributed by atoms with van der Waals surface area (Å²) in [5.74, 6) is -1.89. The van der Waals surface area contributed by atoms with E-state index in [1.807, 2.05) is 0 Å². The summed E-state index contributed by atoms with van der Waals surface area (Å²) in [7, 11) is 0. The van der Waals surface area contributed by atoms with Crippen LogP contribution in [-0.2, 0) is 28.7 Å². The first-order chi connectivity index (χ1) is 18.2. The van der Waals surface area contributed by atoms with Gasteiger partial charge >= 0.3 is 12.1 Å². The molecule has 3 rings (SSSR count). The van der Waals surface area contributed by atoms with Crippen molar-refractivity contribution in [2.24, 2.45) is 0 Å². The Hall–Kier alpha value is -4.40. The lowest BCUT2D eigenvalue weighted by atomic mass is 10.0. The number of hydrogen-bond acceptors (Lipinski definition) is 5. The second-order valence-corrected chi connectivity index (χ2v) is 8.01. The minimum absolute atomic E-state index is 0.0856. The van der Waals surface area contributed by atoms with E-state index in [1.165, 1.54) is 24.3 Å². The maximum Gasteiger partial charge on any atom is 0.419 e. The topological polar surface area (TPSA) is 61.8 Å². The molecule has 0 fully saturated rings. The molecule has 0 N–H and O–H groups in total. The van der Waals surface area contributed by atoms with Gasteiger partial charge in [-0.15, -0.1) is 0 Å². The molecule has 0 aliphatic heterocycles. The van der Waals surface area contributed by atoms with Crippen LogP contribution in [0.4, 0.5) is 17.6 Å². The van der Waals surface area contributed by atoms with Gasteiger partial charge in [0.2, 0.25) is 0 Å². The number of carbonyl (C=O) groups is 2. The van der Waals surface area contributed by atoms with Crippen LogP contribution in [0, 0.1) is 5.82 Å². The van der Waals surface area contributed by atoms with Gasteiger partial charge in [0.1, 0.15) is 25.6 Å². The van der Waals surface area contributed by atoms with E-state index in [4.69, 9.17) is 14.2 Å². The molecule has 38 heavy (non-hydrogen) atoms. The van der Waals surface area contributed by atoms with Crippen LogP contribution in [0.2, 0.25) is 0 Å². The molecule has 3 aromatic carbocycles. The van der Waals surface area contributed by atoms with Crippen LogP contribution >= 0.6 is 0 Å². The summed E-state index contributed by atoms with van der Waals surface area (Å²) in [5.41, 5.74) is 0.597. The van der Waals surface area contributed by atoms with Crippen molar-refractivity contribution in [3.63, 3.8) is 0 Å². The van der Waals surface area contributed by atoms with Gasteiger partial charge < -0.3 is 14.2 Å². The van der Waals surface area contributed by atoms with Crippen molar-refractivity contribution in [2.45, 2.75) is 19.2 Å². The lowest BCUT2D eigenvalue weighted by molar-refractivity contribution is -0.141. The van der Waals surface area contributed by atoms with Gasteiger partial charge in [0.05, 0.1) is 17.5 Å². The Morgan fingerprint density at radius 3 is 2.18 bits per heavy atom. The molecule has 0 radical (unpaired) electrons. The molecule has 0 saturated carbocycles. The van der Waals surface area contributed by atoms with E-state index < -0.39 is 29.3 Å². The van der Waals surface area contributed by atoms with Gasteiger partial charge in [-0.05, 0) is 34.9 Å². The average Bonchev–Trinajstić information content (AvgIpc) is 2.89. The minimum atomic E-state index is -4.75. The van der Waals surface area contributed by atoms with Crippen LogP contribution < -0.4 is 9.47 Å². The number of alkyl halides is 3. The van der Waals surface area contributed by atoms with Gasteiger partial charge in [-0.25, -0.2) is 4.39 Å². The molecule has 0 aliphatic carbocycles. The highest BCUT2D eigenvalue weighted by molar-refractivity contribution is 5.83. The summed E-state index contributed by atoms with van der Waals surface area (Å²) < 4.78 is 70.6. The zero-order valence-electron chi connectivity index (χ0n) is 20.2. The van der Waals surface area contributed by atoms with E-state index in [0.29, 0.717) is 11.1 Å². The Morgan fingerprint density at radius 1 is 0.895 bits per heavy atom. The fourth-order valence-corrected chi connectivity index (χ4v) is 3.55. The molecular weight excluding hydrogens is 504 g/mol. The molecule has 0 aromatic heterocycles. The zero-order valence-corrected chi connectivity index (χ0v) is 20.2. The Balaban J connectivity index is 1.76. The number of ether oxygens (including phenoxy) is 3.